The Bertz CT molecular complexity index is 673. The molecule has 0 amide bonds. The Balaban J connectivity index is 2.31. The second kappa shape index (κ2) is 7.65. The Morgan fingerprint density at radius 3 is 2.76 bits per heavy atom. The Labute approximate surface area is 123 Å². The molecule has 0 bridgehead atoms. The lowest BCUT2D eigenvalue weighted by molar-refractivity contribution is 0.214. The second-order valence-corrected chi connectivity index (χ2v) is 3.95. The number of benzene rings is 1. The summed E-state index contributed by atoms with van der Waals surface area (Å²) in [6.45, 7) is 2.04. The van der Waals surface area contributed by atoms with E-state index in [4.69, 9.17) is 9.57 Å². The third-order valence-electron chi connectivity index (χ3n) is 2.58. The van der Waals surface area contributed by atoms with Crippen molar-refractivity contribution in [2.75, 3.05) is 13.7 Å². The monoisotopic (exact) mass is 281 g/mol. The zero-order valence-electron chi connectivity index (χ0n) is 11.9. The van der Waals surface area contributed by atoms with E-state index in [1.54, 1.807) is 13.0 Å². The number of rotatable bonds is 5. The van der Waals surface area contributed by atoms with E-state index in [0.717, 1.165) is 5.56 Å². The molecule has 0 saturated heterocycles. The van der Waals surface area contributed by atoms with Crippen LogP contribution < -0.4 is 4.74 Å². The van der Waals surface area contributed by atoms with Crippen molar-refractivity contribution in [3.8, 4) is 17.7 Å². The molecule has 5 heteroatoms. The fraction of sp³-hybridized carbons (Fsp3) is 0.188. The fourth-order valence-electron chi connectivity index (χ4n) is 1.66. The Hall–Kier alpha value is -2.87. The molecule has 2 rings (SSSR count). The van der Waals surface area contributed by atoms with Crippen molar-refractivity contribution in [3.05, 3.63) is 54.0 Å². The number of ether oxygens (including phenoxy) is 1. The molecule has 0 aliphatic carbocycles. The zero-order chi connectivity index (χ0) is 14.9. The van der Waals surface area contributed by atoms with E-state index in [1.807, 2.05) is 30.3 Å². The first kappa shape index (κ1) is 14.5. The molecule has 2 aromatic rings. The predicted molar refractivity (Wildman–Crippen MR) is 80.1 cm³/mol. The van der Waals surface area contributed by atoms with Gasteiger partial charge >= 0.3 is 0 Å². The third kappa shape index (κ3) is 4.05. The molecule has 0 unspecified atom stereocenters. The van der Waals surface area contributed by atoms with Crippen LogP contribution in [0.15, 0.2) is 47.9 Å². The first-order valence-electron chi connectivity index (χ1n) is 6.36. The van der Waals surface area contributed by atoms with Crippen LogP contribution in [0.4, 0.5) is 0 Å². The van der Waals surface area contributed by atoms with Crippen LogP contribution in [-0.4, -0.2) is 29.4 Å². The average molecular weight is 281 g/mol. The summed E-state index contributed by atoms with van der Waals surface area (Å²) in [5.74, 6) is 6.02. The van der Waals surface area contributed by atoms with E-state index < -0.39 is 0 Å². The first-order valence-corrected chi connectivity index (χ1v) is 6.36. The number of nitrogens with zero attached hydrogens (tertiary/aromatic N) is 3. The predicted octanol–water partition coefficient (Wildman–Crippen LogP) is 2.28. The third-order valence-corrected chi connectivity index (χ3v) is 2.58. The molecular weight excluding hydrogens is 266 g/mol. The van der Waals surface area contributed by atoms with Gasteiger partial charge in [-0.25, -0.2) is 9.97 Å². The van der Waals surface area contributed by atoms with E-state index in [2.05, 4.69) is 27.0 Å². The molecule has 0 saturated carbocycles. The van der Waals surface area contributed by atoms with Crippen LogP contribution in [0.1, 0.15) is 18.2 Å². The highest BCUT2D eigenvalue weighted by atomic mass is 16.6. The molecular formula is C16H15N3O2. The van der Waals surface area contributed by atoms with E-state index in [9.17, 15) is 0 Å². The molecule has 0 N–H and O–H groups in total. The molecule has 0 atom stereocenters. The molecule has 0 aliphatic heterocycles. The van der Waals surface area contributed by atoms with Gasteiger partial charge in [0, 0.05) is 11.6 Å². The van der Waals surface area contributed by atoms with Gasteiger partial charge in [-0.1, -0.05) is 41.4 Å². The molecule has 5 nitrogen and oxygen atoms in total. The molecule has 21 heavy (non-hydrogen) atoms. The van der Waals surface area contributed by atoms with Gasteiger partial charge in [-0.3, -0.25) is 0 Å². The van der Waals surface area contributed by atoms with Gasteiger partial charge in [0.25, 0.3) is 0 Å². The van der Waals surface area contributed by atoms with Crippen LogP contribution in [0.2, 0.25) is 0 Å². The van der Waals surface area contributed by atoms with E-state index in [-0.39, 0.29) is 6.61 Å². The maximum atomic E-state index is 5.43. The molecule has 1 heterocycles. The largest absolute Gasteiger partial charge is 0.464 e. The van der Waals surface area contributed by atoms with Crippen LogP contribution in [0.25, 0.3) is 0 Å². The van der Waals surface area contributed by atoms with Gasteiger partial charge in [0.15, 0.2) is 6.61 Å². The molecule has 0 radical (unpaired) electrons. The molecule has 0 spiro atoms. The Morgan fingerprint density at radius 2 is 2.05 bits per heavy atom. The summed E-state index contributed by atoms with van der Waals surface area (Å²) in [7, 11) is 1.50. The number of hydrogen-bond donors (Lipinski definition) is 0. The standard InChI is InChI=1S/C16H15N3O2/c1-3-4-10-21-15-11-14(17-12-18-15)16(19-20-2)13-8-6-5-7-9-13/h5-9,11-12H,10H2,1-2H3. The first-order chi connectivity index (χ1) is 10.3. The summed E-state index contributed by atoms with van der Waals surface area (Å²) in [6.07, 6.45) is 1.43. The van der Waals surface area contributed by atoms with E-state index >= 15 is 0 Å². The molecule has 106 valence electrons. The van der Waals surface area contributed by atoms with Crippen LogP contribution >= 0.6 is 0 Å². The smallest absolute Gasteiger partial charge is 0.217 e. The topological polar surface area (TPSA) is 56.6 Å². The molecule has 0 fully saturated rings. The SMILES string of the molecule is CC#CCOc1cc(C(=NOC)c2ccccc2)ncn1. The minimum absolute atomic E-state index is 0.287. The summed E-state index contributed by atoms with van der Waals surface area (Å²) in [4.78, 5) is 13.2. The van der Waals surface area contributed by atoms with Gasteiger partial charge in [0.2, 0.25) is 5.88 Å². The summed E-state index contributed by atoms with van der Waals surface area (Å²) in [5.41, 5.74) is 2.14. The Morgan fingerprint density at radius 1 is 1.24 bits per heavy atom. The lowest BCUT2D eigenvalue weighted by Gasteiger charge is -2.07. The second-order valence-electron chi connectivity index (χ2n) is 3.95. The van der Waals surface area contributed by atoms with Crippen molar-refractivity contribution in [2.24, 2.45) is 5.16 Å². The van der Waals surface area contributed by atoms with E-state index in [1.165, 1.54) is 13.4 Å². The van der Waals surface area contributed by atoms with Crippen molar-refractivity contribution < 1.29 is 9.57 Å². The Kier molecular flexibility index (Phi) is 5.30. The summed E-state index contributed by atoms with van der Waals surface area (Å²) >= 11 is 0. The van der Waals surface area contributed by atoms with Gasteiger partial charge < -0.3 is 9.57 Å². The van der Waals surface area contributed by atoms with Gasteiger partial charge in [-0.15, -0.1) is 5.92 Å². The fourth-order valence-corrected chi connectivity index (χ4v) is 1.66. The lowest BCUT2D eigenvalue weighted by atomic mass is 10.1. The van der Waals surface area contributed by atoms with Crippen molar-refractivity contribution in [1.29, 1.82) is 0 Å². The normalized spacial score (nSPS) is 10.5. The lowest BCUT2D eigenvalue weighted by Crippen LogP contribution is -2.08. The van der Waals surface area contributed by atoms with Crippen LogP contribution in [0.3, 0.4) is 0 Å². The number of hydrogen-bond acceptors (Lipinski definition) is 5. The quantitative estimate of drug-likeness (QED) is 0.479. The highest BCUT2D eigenvalue weighted by molar-refractivity contribution is 6.11. The summed E-state index contributed by atoms with van der Waals surface area (Å²) < 4.78 is 5.43. The average Bonchev–Trinajstić information content (AvgIpc) is 2.54. The maximum absolute atomic E-state index is 5.43. The summed E-state index contributed by atoms with van der Waals surface area (Å²) in [6, 6.07) is 11.4. The van der Waals surface area contributed by atoms with Crippen LogP contribution in [0.5, 0.6) is 5.88 Å². The highest BCUT2D eigenvalue weighted by Crippen LogP contribution is 2.13. The summed E-state index contributed by atoms with van der Waals surface area (Å²) in [5, 5.41) is 4.05. The maximum Gasteiger partial charge on any atom is 0.217 e. The van der Waals surface area contributed by atoms with Gasteiger partial charge in [0.1, 0.15) is 19.1 Å². The molecule has 0 aliphatic rings. The highest BCUT2D eigenvalue weighted by Gasteiger charge is 2.11. The van der Waals surface area contributed by atoms with Crippen molar-refractivity contribution in [1.82, 2.24) is 9.97 Å². The van der Waals surface area contributed by atoms with Crippen molar-refractivity contribution in [2.45, 2.75) is 6.92 Å². The number of oxime groups is 1. The minimum Gasteiger partial charge on any atom is -0.464 e. The van der Waals surface area contributed by atoms with Crippen molar-refractivity contribution in [3.63, 3.8) is 0 Å². The number of aromatic nitrogens is 2. The van der Waals surface area contributed by atoms with E-state index in [0.29, 0.717) is 17.3 Å². The van der Waals surface area contributed by atoms with Gasteiger partial charge in [-0.05, 0) is 6.92 Å². The zero-order valence-corrected chi connectivity index (χ0v) is 11.9. The molecule has 1 aromatic heterocycles. The van der Waals surface area contributed by atoms with Gasteiger partial charge in [0.05, 0.1) is 5.69 Å². The van der Waals surface area contributed by atoms with Crippen LogP contribution in [0, 0.1) is 11.8 Å². The van der Waals surface area contributed by atoms with Crippen LogP contribution in [-0.2, 0) is 4.84 Å². The van der Waals surface area contributed by atoms with Crippen molar-refractivity contribution >= 4 is 5.71 Å². The minimum atomic E-state index is 0.287. The van der Waals surface area contributed by atoms with Gasteiger partial charge in [-0.2, -0.15) is 0 Å². The molecule has 1 aromatic carbocycles.